The van der Waals surface area contributed by atoms with Gasteiger partial charge in [0.1, 0.15) is 17.7 Å². The fraction of sp³-hybridized carbons (Fsp3) is 0.656. The van der Waals surface area contributed by atoms with Gasteiger partial charge in [0.05, 0.1) is 13.2 Å². The summed E-state index contributed by atoms with van der Waals surface area (Å²) >= 11 is 0. The van der Waals surface area contributed by atoms with Crippen LogP contribution in [0.1, 0.15) is 117 Å². The number of aryl methyl sites for hydroxylation is 1. The van der Waals surface area contributed by atoms with E-state index >= 15 is 0 Å². The maximum atomic E-state index is 12.9. The minimum atomic E-state index is -3.83. The number of carbonyl (C=O) groups is 2. The van der Waals surface area contributed by atoms with E-state index in [0.29, 0.717) is 36.7 Å². The number of likely N-dealkylation sites (tertiary alicyclic amines) is 1. The second-order valence-corrected chi connectivity index (χ2v) is 14.1. The number of aromatic nitrogens is 1. The first kappa shape index (κ1) is 33.1. The lowest BCUT2D eigenvalue weighted by atomic mass is 9.85. The summed E-state index contributed by atoms with van der Waals surface area (Å²) in [6, 6.07) is 5.67. The van der Waals surface area contributed by atoms with Gasteiger partial charge in [-0.2, -0.15) is 12.7 Å². The van der Waals surface area contributed by atoms with E-state index in [-0.39, 0.29) is 18.2 Å². The smallest absolute Gasteiger partial charge is 0.303 e. The van der Waals surface area contributed by atoms with Gasteiger partial charge in [-0.3, -0.25) is 14.5 Å². The van der Waals surface area contributed by atoms with Gasteiger partial charge in [0, 0.05) is 33.5 Å². The summed E-state index contributed by atoms with van der Waals surface area (Å²) in [5.41, 5.74) is 2.34. The summed E-state index contributed by atoms with van der Waals surface area (Å²) in [6.45, 7) is 1.43. The molecule has 2 heterocycles. The third-order valence-corrected chi connectivity index (χ3v) is 10.3. The van der Waals surface area contributed by atoms with Crippen LogP contribution in [0.2, 0.25) is 0 Å². The van der Waals surface area contributed by atoms with Gasteiger partial charge in [-0.25, -0.2) is 9.71 Å². The minimum Gasteiger partial charge on any atom is -0.497 e. The number of hydrogen-bond acceptors (Lipinski definition) is 8. The highest BCUT2D eigenvalue weighted by Gasteiger charge is 2.31. The van der Waals surface area contributed by atoms with Crippen molar-refractivity contribution in [3.05, 3.63) is 47.2 Å². The number of ketones is 1. The first-order valence-electron chi connectivity index (χ1n) is 15.8. The molecule has 1 aromatic carbocycles. The highest BCUT2D eigenvalue weighted by molar-refractivity contribution is 7.87. The lowest BCUT2D eigenvalue weighted by molar-refractivity contribution is -0.119. The predicted octanol–water partition coefficient (Wildman–Crippen LogP) is 5.59. The SMILES string of the molecule is COc1ccc(CCC(=O)NS(=O)(=O)N(C)C)c(CN2CCC[C@H]2c2nc(C(=O)CCCCCC3CCCCC3)co2)c1. The van der Waals surface area contributed by atoms with E-state index in [4.69, 9.17) is 9.15 Å². The van der Waals surface area contributed by atoms with Gasteiger partial charge >= 0.3 is 10.2 Å². The standard InChI is InChI=1S/C32H48N4O6S/c1-35(2)43(39,40)34-31(38)19-17-25-16-18-27(41-3)21-26(25)22-36-20-10-14-29(36)32-33-28(23-42-32)30(37)15-9-5-8-13-24-11-6-4-7-12-24/h16,18,21,23-24,29H,4-15,17,19-20,22H2,1-3H3,(H,34,38)/t29-/m0/s1. The summed E-state index contributed by atoms with van der Waals surface area (Å²) in [5.74, 6) is 1.64. The number of hydrogen-bond donors (Lipinski definition) is 1. The second-order valence-electron chi connectivity index (χ2n) is 12.2. The van der Waals surface area contributed by atoms with Crippen molar-refractivity contribution in [2.75, 3.05) is 27.7 Å². The molecule has 1 amide bonds. The highest BCUT2D eigenvalue weighted by Crippen LogP contribution is 2.34. The van der Waals surface area contributed by atoms with E-state index in [1.807, 2.05) is 18.2 Å². The molecule has 1 aliphatic carbocycles. The largest absolute Gasteiger partial charge is 0.497 e. The molecule has 0 spiro atoms. The van der Waals surface area contributed by atoms with Crippen LogP contribution in [0.5, 0.6) is 5.75 Å². The number of carbonyl (C=O) groups excluding carboxylic acids is 2. The monoisotopic (exact) mass is 616 g/mol. The van der Waals surface area contributed by atoms with E-state index in [2.05, 4.69) is 14.6 Å². The number of oxazole rings is 1. The van der Waals surface area contributed by atoms with Crippen molar-refractivity contribution in [2.45, 2.75) is 102 Å². The van der Waals surface area contributed by atoms with Gasteiger partial charge in [0.25, 0.3) is 0 Å². The van der Waals surface area contributed by atoms with Crippen molar-refractivity contribution in [3.8, 4) is 5.75 Å². The van der Waals surface area contributed by atoms with Crippen LogP contribution in [0.25, 0.3) is 0 Å². The zero-order valence-corrected chi connectivity index (χ0v) is 26.8. The van der Waals surface area contributed by atoms with Crippen LogP contribution in [0.4, 0.5) is 0 Å². The summed E-state index contributed by atoms with van der Waals surface area (Å²) in [6.07, 6.45) is 15.6. The molecule has 238 valence electrons. The van der Waals surface area contributed by atoms with Gasteiger partial charge < -0.3 is 9.15 Å². The van der Waals surface area contributed by atoms with Crippen LogP contribution in [0.15, 0.2) is 28.9 Å². The highest BCUT2D eigenvalue weighted by atomic mass is 32.2. The van der Waals surface area contributed by atoms with Crippen LogP contribution in [-0.2, 0) is 28.0 Å². The maximum absolute atomic E-state index is 12.9. The molecular weight excluding hydrogens is 568 g/mol. The summed E-state index contributed by atoms with van der Waals surface area (Å²) in [7, 11) is 0.520. The maximum Gasteiger partial charge on any atom is 0.303 e. The first-order valence-corrected chi connectivity index (χ1v) is 17.2. The average molecular weight is 617 g/mol. The van der Waals surface area contributed by atoms with Gasteiger partial charge in [0.15, 0.2) is 5.78 Å². The first-order chi connectivity index (χ1) is 20.7. The number of ether oxygens (including phenoxy) is 1. The molecule has 1 atom stereocenters. The molecule has 0 radical (unpaired) electrons. The molecule has 43 heavy (non-hydrogen) atoms. The van der Waals surface area contributed by atoms with E-state index in [9.17, 15) is 18.0 Å². The predicted molar refractivity (Wildman–Crippen MR) is 165 cm³/mol. The van der Waals surface area contributed by atoms with Gasteiger partial charge in [0.2, 0.25) is 11.8 Å². The summed E-state index contributed by atoms with van der Waals surface area (Å²) < 4.78 is 38.4. The number of benzene rings is 1. The Morgan fingerprint density at radius 1 is 1.05 bits per heavy atom. The van der Waals surface area contributed by atoms with Crippen molar-refractivity contribution in [1.82, 2.24) is 18.9 Å². The normalized spacial score (nSPS) is 18.3. The fourth-order valence-corrected chi connectivity index (χ4v) is 6.81. The van der Waals surface area contributed by atoms with E-state index in [0.717, 1.165) is 53.6 Å². The molecule has 1 saturated heterocycles. The number of unbranched alkanes of at least 4 members (excludes halogenated alkanes) is 2. The number of methoxy groups -OCH3 is 1. The molecule has 4 rings (SSSR count). The number of rotatable bonds is 16. The van der Waals surface area contributed by atoms with Crippen molar-refractivity contribution >= 4 is 21.9 Å². The number of nitrogens with zero attached hydrogens (tertiary/aromatic N) is 3. The quantitative estimate of drug-likeness (QED) is 0.191. The topological polar surface area (TPSA) is 122 Å². The molecule has 1 N–H and O–H groups in total. The molecule has 11 heteroatoms. The number of amides is 1. The Morgan fingerprint density at radius 2 is 1.84 bits per heavy atom. The summed E-state index contributed by atoms with van der Waals surface area (Å²) in [5, 5.41) is 0. The minimum absolute atomic E-state index is 0.0294. The molecule has 2 aromatic rings. The Bertz CT molecular complexity index is 1320. The van der Waals surface area contributed by atoms with E-state index in [1.54, 1.807) is 7.11 Å². The van der Waals surface area contributed by atoms with Gasteiger partial charge in [-0.05, 0) is 61.4 Å². The van der Waals surface area contributed by atoms with Crippen LogP contribution in [0.3, 0.4) is 0 Å². The van der Waals surface area contributed by atoms with Gasteiger partial charge in [-0.1, -0.05) is 57.4 Å². The third-order valence-electron chi connectivity index (χ3n) is 8.83. The van der Waals surface area contributed by atoms with Crippen molar-refractivity contribution in [3.63, 3.8) is 0 Å². The molecule has 1 saturated carbocycles. The number of Topliss-reactive ketones (excluding diaryl/α,β-unsaturated/α-hetero) is 1. The molecule has 0 unspecified atom stereocenters. The summed E-state index contributed by atoms with van der Waals surface area (Å²) in [4.78, 5) is 32.1. The Kier molecular flexibility index (Phi) is 12.2. The van der Waals surface area contributed by atoms with Crippen molar-refractivity contribution in [1.29, 1.82) is 0 Å². The zero-order chi connectivity index (χ0) is 30.8. The van der Waals surface area contributed by atoms with E-state index in [1.165, 1.54) is 65.3 Å². The number of nitrogens with one attached hydrogen (secondary N) is 1. The zero-order valence-electron chi connectivity index (χ0n) is 26.0. The van der Waals surface area contributed by atoms with Crippen LogP contribution >= 0.6 is 0 Å². The van der Waals surface area contributed by atoms with Crippen molar-refractivity contribution in [2.24, 2.45) is 5.92 Å². The molecule has 0 bridgehead atoms. The van der Waals surface area contributed by atoms with Gasteiger partial charge in [-0.15, -0.1) is 0 Å². The molecule has 2 fully saturated rings. The third kappa shape index (κ3) is 9.61. The molecule has 1 aromatic heterocycles. The van der Waals surface area contributed by atoms with Crippen molar-refractivity contribution < 1.29 is 27.2 Å². The Labute approximate surface area is 256 Å². The lowest BCUT2D eigenvalue weighted by Gasteiger charge is -2.24. The Hall–Kier alpha value is -2.76. The Balaban J connectivity index is 1.32. The molecular formula is C32H48N4O6S. The average Bonchev–Trinajstić information content (AvgIpc) is 3.66. The van der Waals surface area contributed by atoms with Crippen LogP contribution in [0, 0.1) is 5.92 Å². The van der Waals surface area contributed by atoms with Crippen LogP contribution < -0.4 is 9.46 Å². The molecule has 2 aliphatic rings. The fourth-order valence-electron chi connectivity index (χ4n) is 6.24. The molecule has 1 aliphatic heterocycles. The lowest BCUT2D eigenvalue weighted by Crippen LogP contribution is -2.39. The molecule has 10 nitrogen and oxygen atoms in total. The van der Waals surface area contributed by atoms with Crippen LogP contribution in [-0.4, -0.2) is 62.0 Å². The Morgan fingerprint density at radius 3 is 2.58 bits per heavy atom. The second kappa shape index (κ2) is 15.8. The van der Waals surface area contributed by atoms with E-state index < -0.39 is 16.1 Å².